The maximum Gasteiger partial charge on any atom is 0.433 e. The topological polar surface area (TPSA) is 116 Å². The fourth-order valence-corrected chi connectivity index (χ4v) is 3.98. The van der Waals surface area contributed by atoms with E-state index in [4.69, 9.17) is 15.6 Å². The maximum atomic E-state index is 13.6. The van der Waals surface area contributed by atoms with Gasteiger partial charge in [-0.2, -0.15) is 13.2 Å². The SMILES string of the molecule is C[C@@H]1CCC(=O)N(C[C@@H](N)CC(=O)N2CC=C(C(=NC(=N)c3ccco3)C(F)(F)F)CC2)C1. The van der Waals surface area contributed by atoms with Crippen molar-refractivity contribution < 1.29 is 27.2 Å². The molecule has 1 aromatic rings. The number of amidine groups is 1. The monoisotopic (exact) mass is 467 g/mol. The molecule has 11 heteroatoms. The molecule has 2 atom stereocenters. The number of nitrogens with two attached hydrogens (primary N) is 1. The summed E-state index contributed by atoms with van der Waals surface area (Å²) >= 11 is 0. The number of nitrogens with zero attached hydrogens (tertiary/aromatic N) is 3. The third-order valence-corrected chi connectivity index (χ3v) is 5.74. The first kappa shape index (κ1) is 24.7. The number of carbonyl (C=O) groups excluding carboxylic acids is 2. The second-order valence-corrected chi connectivity index (χ2v) is 8.51. The molecule has 1 fully saturated rings. The first-order chi connectivity index (χ1) is 15.5. The van der Waals surface area contributed by atoms with Gasteiger partial charge in [-0.1, -0.05) is 13.0 Å². The summed E-state index contributed by atoms with van der Waals surface area (Å²) in [5, 5.41) is 7.78. The summed E-state index contributed by atoms with van der Waals surface area (Å²) in [7, 11) is 0. The molecule has 0 spiro atoms. The molecule has 8 nitrogen and oxygen atoms in total. The van der Waals surface area contributed by atoms with Crippen LogP contribution in [0.15, 0.2) is 39.5 Å². The summed E-state index contributed by atoms with van der Waals surface area (Å²) in [4.78, 5) is 31.2. The summed E-state index contributed by atoms with van der Waals surface area (Å²) in [5.41, 5.74) is 4.87. The molecule has 180 valence electrons. The number of rotatable bonds is 6. The van der Waals surface area contributed by atoms with Crippen molar-refractivity contribution in [1.82, 2.24) is 9.80 Å². The van der Waals surface area contributed by atoms with E-state index >= 15 is 0 Å². The lowest BCUT2D eigenvalue weighted by Crippen LogP contribution is -2.48. The molecule has 0 saturated carbocycles. The molecule has 3 N–H and O–H groups in total. The first-order valence-electron chi connectivity index (χ1n) is 10.8. The highest BCUT2D eigenvalue weighted by Gasteiger charge is 2.39. The van der Waals surface area contributed by atoms with Crippen LogP contribution < -0.4 is 5.73 Å². The van der Waals surface area contributed by atoms with Gasteiger partial charge in [0.25, 0.3) is 0 Å². The molecule has 1 saturated heterocycles. The third-order valence-electron chi connectivity index (χ3n) is 5.74. The van der Waals surface area contributed by atoms with Crippen molar-refractivity contribution in [3.63, 3.8) is 0 Å². The van der Waals surface area contributed by atoms with Crippen molar-refractivity contribution in [1.29, 1.82) is 5.41 Å². The molecule has 3 rings (SSSR count). The highest BCUT2D eigenvalue weighted by atomic mass is 19.4. The smallest absolute Gasteiger partial charge is 0.433 e. The lowest BCUT2D eigenvalue weighted by Gasteiger charge is -2.33. The van der Waals surface area contributed by atoms with Crippen LogP contribution in [0.2, 0.25) is 0 Å². The van der Waals surface area contributed by atoms with Crippen LogP contribution in [-0.4, -0.2) is 71.6 Å². The van der Waals surface area contributed by atoms with E-state index in [0.29, 0.717) is 18.9 Å². The van der Waals surface area contributed by atoms with Gasteiger partial charge in [0.2, 0.25) is 11.8 Å². The fraction of sp³-hybridized carbons (Fsp3) is 0.545. The molecule has 0 radical (unpaired) electrons. The Morgan fingerprint density at radius 3 is 2.76 bits per heavy atom. The number of halogens is 3. The van der Waals surface area contributed by atoms with Crippen LogP contribution in [0.5, 0.6) is 0 Å². The number of aliphatic imine (C=N–C) groups is 1. The number of hydrogen-bond donors (Lipinski definition) is 2. The predicted octanol–water partition coefficient (Wildman–Crippen LogP) is 2.74. The number of nitrogens with one attached hydrogen (secondary N) is 1. The highest BCUT2D eigenvalue weighted by Crippen LogP contribution is 2.27. The molecule has 3 heterocycles. The summed E-state index contributed by atoms with van der Waals surface area (Å²) < 4.78 is 45.7. The minimum atomic E-state index is -4.75. The molecule has 0 aromatic carbocycles. The Kier molecular flexibility index (Phi) is 7.72. The Labute approximate surface area is 189 Å². The third kappa shape index (κ3) is 6.53. The second kappa shape index (κ2) is 10.3. The number of piperidine rings is 1. The van der Waals surface area contributed by atoms with E-state index in [9.17, 15) is 22.8 Å². The largest absolute Gasteiger partial charge is 0.461 e. The molecule has 2 amide bonds. The minimum Gasteiger partial charge on any atom is -0.461 e. The van der Waals surface area contributed by atoms with Gasteiger partial charge in [-0.3, -0.25) is 15.0 Å². The van der Waals surface area contributed by atoms with Gasteiger partial charge in [0.1, 0.15) is 5.71 Å². The van der Waals surface area contributed by atoms with Crippen molar-refractivity contribution in [2.75, 3.05) is 26.2 Å². The molecule has 1 aromatic heterocycles. The minimum absolute atomic E-state index is 0.00465. The number of amides is 2. The van der Waals surface area contributed by atoms with E-state index in [1.54, 1.807) is 4.90 Å². The Bertz CT molecular complexity index is 940. The average Bonchev–Trinajstić information content (AvgIpc) is 3.29. The summed E-state index contributed by atoms with van der Waals surface area (Å²) in [6.45, 7) is 3.03. The van der Waals surface area contributed by atoms with E-state index in [0.717, 1.165) is 6.42 Å². The van der Waals surface area contributed by atoms with Gasteiger partial charge in [-0.15, -0.1) is 0 Å². The number of furan rings is 1. The molecular formula is C22H28F3N5O3. The lowest BCUT2D eigenvalue weighted by molar-refractivity contribution is -0.136. The Morgan fingerprint density at radius 1 is 1.39 bits per heavy atom. The van der Waals surface area contributed by atoms with E-state index < -0.39 is 23.8 Å². The fourth-order valence-electron chi connectivity index (χ4n) is 3.98. The number of hydrogen-bond acceptors (Lipinski definition) is 5. The summed E-state index contributed by atoms with van der Waals surface area (Å²) in [6, 6.07) is 2.28. The molecule has 0 aliphatic carbocycles. The molecule has 2 aliphatic heterocycles. The number of likely N-dealkylation sites (tertiary alicyclic amines) is 1. The van der Waals surface area contributed by atoms with Crippen LogP contribution in [0.3, 0.4) is 0 Å². The Balaban J connectivity index is 1.60. The van der Waals surface area contributed by atoms with Crippen LogP contribution in [0.25, 0.3) is 0 Å². The van der Waals surface area contributed by atoms with Gasteiger partial charge in [-0.25, -0.2) is 4.99 Å². The zero-order valence-corrected chi connectivity index (χ0v) is 18.4. The highest BCUT2D eigenvalue weighted by molar-refractivity contribution is 6.12. The molecule has 2 aliphatic rings. The quantitative estimate of drug-likeness (QED) is 0.494. The van der Waals surface area contributed by atoms with Crippen molar-refractivity contribution >= 4 is 23.4 Å². The number of carbonyl (C=O) groups is 2. The lowest BCUT2D eigenvalue weighted by atomic mass is 9.98. The molecule has 33 heavy (non-hydrogen) atoms. The van der Waals surface area contributed by atoms with Crippen LogP contribution in [0.1, 0.15) is 38.4 Å². The van der Waals surface area contributed by atoms with E-state index in [1.807, 2.05) is 0 Å². The van der Waals surface area contributed by atoms with Crippen molar-refractivity contribution in [3.05, 3.63) is 35.8 Å². The standard InChI is InChI=1S/C22H28F3N5O3/c1-14-4-5-18(31)30(12-14)13-16(26)11-19(32)29-8-6-15(7-9-29)20(22(23,24)25)28-21(27)17-3-2-10-33-17/h2-3,6,10,14,16,27H,4-5,7-9,11-13,26H2,1H3/t14-,16+/m1/s1. The first-order valence-corrected chi connectivity index (χ1v) is 10.8. The Morgan fingerprint density at radius 2 is 2.15 bits per heavy atom. The average molecular weight is 467 g/mol. The van der Waals surface area contributed by atoms with Gasteiger partial charge >= 0.3 is 6.18 Å². The van der Waals surface area contributed by atoms with Gasteiger partial charge in [0, 0.05) is 45.1 Å². The van der Waals surface area contributed by atoms with Crippen LogP contribution in [-0.2, 0) is 9.59 Å². The summed E-state index contributed by atoms with van der Waals surface area (Å²) in [6.07, 6.45) is -0.917. The van der Waals surface area contributed by atoms with E-state index in [2.05, 4.69) is 11.9 Å². The van der Waals surface area contributed by atoms with Crippen LogP contribution >= 0.6 is 0 Å². The normalized spacial score (nSPS) is 21.1. The molecule has 0 bridgehead atoms. The number of alkyl halides is 3. The van der Waals surface area contributed by atoms with Gasteiger partial charge < -0.3 is 20.0 Å². The van der Waals surface area contributed by atoms with Crippen molar-refractivity contribution in [3.8, 4) is 0 Å². The van der Waals surface area contributed by atoms with E-state index in [1.165, 1.54) is 29.4 Å². The van der Waals surface area contributed by atoms with E-state index in [-0.39, 0.29) is 55.6 Å². The zero-order chi connectivity index (χ0) is 24.2. The second-order valence-electron chi connectivity index (χ2n) is 8.51. The van der Waals surface area contributed by atoms with Crippen LogP contribution in [0, 0.1) is 11.3 Å². The Hall–Kier alpha value is -2.95. The van der Waals surface area contributed by atoms with Crippen LogP contribution in [0.4, 0.5) is 13.2 Å². The summed E-state index contributed by atoms with van der Waals surface area (Å²) in [5.74, 6) is -0.556. The van der Waals surface area contributed by atoms with Gasteiger partial charge in [0.05, 0.1) is 6.26 Å². The van der Waals surface area contributed by atoms with Crippen molar-refractivity contribution in [2.24, 2.45) is 16.6 Å². The predicted molar refractivity (Wildman–Crippen MR) is 116 cm³/mol. The van der Waals surface area contributed by atoms with Gasteiger partial charge in [-0.05, 0) is 36.5 Å². The molecular weight excluding hydrogens is 439 g/mol. The van der Waals surface area contributed by atoms with Crippen molar-refractivity contribution in [2.45, 2.75) is 44.8 Å². The van der Waals surface area contributed by atoms with Gasteiger partial charge in [0.15, 0.2) is 11.6 Å². The zero-order valence-electron chi connectivity index (χ0n) is 18.4. The maximum absolute atomic E-state index is 13.6. The molecule has 0 unspecified atom stereocenters.